The van der Waals surface area contributed by atoms with Crippen molar-refractivity contribution in [1.29, 1.82) is 0 Å². The van der Waals surface area contributed by atoms with Gasteiger partial charge in [0.1, 0.15) is 0 Å². The fraction of sp³-hybridized carbons (Fsp3) is 0.235. The molecule has 1 N–H and O–H groups in total. The van der Waals surface area contributed by atoms with Crippen LogP contribution >= 0.6 is 23.2 Å². The molecule has 0 spiro atoms. The Hall–Kier alpha value is -1.51. The number of carbonyl (C=O) groups excluding carboxylic acids is 1. The van der Waals surface area contributed by atoms with Crippen molar-refractivity contribution in [1.82, 2.24) is 5.32 Å². The van der Waals surface area contributed by atoms with Crippen molar-refractivity contribution >= 4 is 29.6 Å². The summed E-state index contributed by atoms with van der Waals surface area (Å²) in [4.78, 5) is 10.8. The van der Waals surface area contributed by atoms with E-state index in [9.17, 15) is 4.79 Å². The maximum Gasteiger partial charge on any atom is 0.207 e. The van der Waals surface area contributed by atoms with Crippen molar-refractivity contribution in [3.05, 3.63) is 69.2 Å². The molecule has 4 heteroatoms. The molecule has 1 aliphatic rings. The van der Waals surface area contributed by atoms with Gasteiger partial charge in [-0.15, -0.1) is 0 Å². The standard InChI is InChI=1S/C17H15Cl2NO/c18-15-7-5-11(9-16(15)19)12-6-8-17(20-10-21)14-4-2-1-3-13(12)14/h1-5,7,9-10,12,17H,6,8H2,(H,20,21)/t12-,17?/m1/s1. The van der Waals surface area contributed by atoms with Gasteiger partial charge in [0.05, 0.1) is 16.1 Å². The minimum absolute atomic E-state index is 0.0951. The highest BCUT2D eigenvalue weighted by molar-refractivity contribution is 6.42. The van der Waals surface area contributed by atoms with Crippen molar-refractivity contribution in [2.24, 2.45) is 0 Å². The summed E-state index contributed by atoms with van der Waals surface area (Å²) >= 11 is 12.2. The first-order valence-electron chi connectivity index (χ1n) is 6.94. The SMILES string of the molecule is O=CNC1CC[C@H](c2ccc(Cl)c(Cl)c2)c2ccccc21. The molecule has 0 heterocycles. The van der Waals surface area contributed by atoms with E-state index in [-0.39, 0.29) is 6.04 Å². The summed E-state index contributed by atoms with van der Waals surface area (Å²) < 4.78 is 0. The second-order valence-electron chi connectivity index (χ2n) is 5.27. The van der Waals surface area contributed by atoms with E-state index in [1.165, 1.54) is 16.7 Å². The van der Waals surface area contributed by atoms with Gasteiger partial charge in [-0.3, -0.25) is 4.79 Å². The van der Waals surface area contributed by atoms with Gasteiger partial charge in [0.2, 0.25) is 6.41 Å². The second kappa shape index (κ2) is 6.08. The smallest absolute Gasteiger partial charge is 0.207 e. The summed E-state index contributed by atoms with van der Waals surface area (Å²) in [5, 5.41) is 4.06. The number of fused-ring (bicyclic) bond motifs is 1. The van der Waals surface area contributed by atoms with Crippen LogP contribution < -0.4 is 5.32 Å². The zero-order valence-electron chi connectivity index (χ0n) is 11.4. The molecule has 3 rings (SSSR count). The van der Waals surface area contributed by atoms with E-state index in [4.69, 9.17) is 23.2 Å². The van der Waals surface area contributed by atoms with Crippen LogP contribution in [0.2, 0.25) is 10.0 Å². The molecule has 2 atom stereocenters. The molecule has 1 unspecified atom stereocenters. The van der Waals surface area contributed by atoms with Crippen LogP contribution in [-0.2, 0) is 4.79 Å². The Bertz CT molecular complexity index is 672. The highest BCUT2D eigenvalue weighted by atomic mass is 35.5. The molecule has 1 aliphatic carbocycles. The lowest BCUT2D eigenvalue weighted by Crippen LogP contribution is -2.26. The maximum atomic E-state index is 10.8. The fourth-order valence-electron chi connectivity index (χ4n) is 3.12. The lowest BCUT2D eigenvalue weighted by molar-refractivity contribution is -0.110. The number of amides is 1. The molecule has 108 valence electrons. The Kier molecular flexibility index (Phi) is 4.18. The number of rotatable bonds is 3. The lowest BCUT2D eigenvalue weighted by atomic mass is 9.77. The molecule has 2 nitrogen and oxygen atoms in total. The number of carbonyl (C=O) groups is 1. The lowest BCUT2D eigenvalue weighted by Gasteiger charge is -2.31. The number of nitrogens with one attached hydrogen (secondary N) is 1. The minimum Gasteiger partial charge on any atom is -0.352 e. The molecular weight excluding hydrogens is 305 g/mol. The van der Waals surface area contributed by atoms with Crippen molar-refractivity contribution in [3.8, 4) is 0 Å². The van der Waals surface area contributed by atoms with Gasteiger partial charge in [-0.1, -0.05) is 53.5 Å². The molecule has 0 aromatic heterocycles. The van der Waals surface area contributed by atoms with E-state index in [1.807, 2.05) is 30.3 Å². The average molecular weight is 320 g/mol. The van der Waals surface area contributed by atoms with E-state index >= 15 is 0 Å². The van der Waals surface area contributed by atoms with Crippen LogP contribution in [-0.4, -0.2) is 6.41 Å². The molecule has 0 radical (unpaired) electrons. The minimum atomic E-state index is 0.0951. The van der Waals surface area contributed by atoms with E-state index in [1.54, 1.807) is 0 Å². The Morgan fingerprint density at radius 1 is 1.00 bits per heavy atom. The summed E-state index contributed by atoms with van der Waals surface area (Å²) in [6.45, 7) is 0. The van der Waals surface area contributed by atoms with Crippen LogP contribution in [0.3, 0.4) is 0 Å². The fourth-order valence-corrected chi connectivity index (χ4v) is 3.43. The van der Waals surface area contributed by atoms with Crippen LogP contribution in [0.25, 0.3) is 0 Å². The van der Waals surface area contributed by atoms with Gasteiger partial charge in [0.15, 0.2) is 0 Å². The predicted octanol–water partition coefficient (Wildman–Crippen LogP) is 4.71. The monoisotopic (exact) mass is 319 g/mol. The third kappa shape index (κ3) is 2.78. The van der Waals surface area contributed by atoms with Gasteiger partial charge < -0.3 is 5.32 Å². The molecule has 0 saturated carbocycles. The third-order valence-corrected chi connectivity index (χ3v) is 4.85. The number of benzene rings is 2. The molecule has 0 fully saturated rings. The molecule has 2 aromatic carbocycles. The molecule has 2 aromatic rings. The first-order valence-corrected chi connectivity index (χ1v) is 7.69. The molecule has 1 amide bonds. The van der Waals surface area contributed by atoms with Crippen LogP contribution in [0.15, 0.2) is 42.5 Å². The van der Waals surface area contributed by atoms with Crippen LogP contribution in [0.4, 0.5) is 0 Å². The van der Waals surface area contributed by atoms with Crippen LogP contribution in [0.5, 0.6) is 0 Å². The number of hydrogen-bond acceptors (Lipinski definition) is 1. The summed E-state index contributed by atoms with van der Waals surface area (Å²) in [6, 6.07) is 14.2. The summed E-state index contributed by atoms with van der Waals surface area (Å²) in [5.41, 5.74) is 3.61. The Labute approximate surface area is 134 Å². The normalized spacial score (nSPS) is 20.7. The molecule has 0 saturated heterocycles. The van der Waals surface area contributed by atoms with E-state index in [0.29, 0.717) is 16.0 Å². The molecular formula is C17H15Cl2NO. The Morgan fingerprint density at radius 2 is 1.76 bits per heavy atom. The van der Waals surface area contributed by atoms with Crippen molar-refractivity contribution in [3.63, 3.8) is 0 Å². The zero-order valence-corrected chi connectivity index (χ0v) is 12.9. The second-order valence-corrected chi connectivity index (χ2v) is 6.08. The third-order valence-electron chi connectivity index (χ3n) is 4.11. The van der Waals surface area contributed by atoms with Crippen LogP contribution in [0.1, 0.15) is 41.5 Å². The zero-order chi connectivity index (χ0) is 14.8. The quantitative estimate of drug-likeness (QED) is 0.816. The molecule has 21 heavy (non-hydrogen) atoms. The molecule has 0 bridgehead atoms. The topological polar surface area (TPSA) is 29.1 Å². The first kappa shape index (κ1) is 14.4. The van der Waals surface area contributed by atoms with Gasteiger partial charge in [0, 0.05) is 5.92 Å². The Morgan fingerprint density at radius 3 is 2.48 bits per heavy atom. The number of halogens is 2. The van der Waals surface area contributed by atoms with Gasteiger partial charge in [-0.25, -0.2) is 0 Å². The van der Waals surface area contributed by atoms with Crippen molar-refractivity contribution < 1.29 is 4.79 Å². The van der Waals surface area contributed by atoms with E-state index in [0.717, 1.165) is 19.3 Å². The predicted molar refractivity (Wildman–Crippen MR) is 85.9 cm³/mol. The van der Waals surface area contributed by atoms with Crippen molar-refractivity contribution in [2.75, 3.05) is 0 Å². The van der Waals surface area contributed by atoms with Gasteiger partial charge in [-0.2, -0.15) is 0 Å². The van der Waals surface area contributed by atoms with Gasteiger partial charge >= 0.3 is 0 Å². The molecule has 0 aliphatic heterocycles. The Balaban J connectivity index is 2.02. The largest absolute Gasteiger partial charge is 0.352 e. The first-order chi connectivity index (χ1) is 10.2. The summed E-state index contributed by atoms with van der Waals surface area (Å²) in [7, 11) is 0. The maximum absolute atomic E-state index is 10.8. The highest BCUT2D eigenvalue weighted by Crippen LogP contribution is 2.42. The number of hydrogen-bond donors (Lipinski definition) is 1. The van der Waals surface area contributed by atoms with Gasteiger partial charge in [0.25, 0.3) is 0 Å². The van der Waals surface area contributed by atoms with E-state index in [2.05, 4.69) is 17.4 Å². The summed E-state index contributed by atoms with van der Waals surface area (Å²) in [5.74, 6) is 0.292. The summed E-state index contributed by atoms with van der Waals surface area (Å²) in [6.07, 6.45) is 2.67. The van der Waals surface area contributed by atoms with E-state index < -0.39 is 0 Å². The van der Waals surface area contributed by atoms with Crippen LogP contribution in [0, 0.1) is 0 Å². The van der Waals surface area contributed by atoms with Gasteiger partial charge in [-0.05, 0) is 41.7 Å². The average Bonchev–Trinajstić information content (AvgIpc) is 2.51. The highest BCUT2D eigenvalue weighted by Gasteiger charge is 2.27. The van der Waals surface area contributed by atoms with Crippen molar-refractivity contribution in [2.45, 2.75) is 24.8 Å².